The Hall–Kier alpha value is -0.190. The van der Waals surface area contributed by atoms with Crippen LogP contribution >= 0.6 is 12.4 Å². The minimum Gasteiger partial charge on any atom is -0.293 e. The van der Waals surface area contributed by atoms with Crippen molar-refractivity contribution < 1.29 is 0 Å². The van der Waals surface area contributed by atoms with E-state index in [0.717, 1.165) is 6.54 Å². The largest absolute Gasteiger partial charge is 0.293 e. The second kappa shape index (κ2) is 8.90. The van der Waals surface area contributed by atoms with E-state index >= 15 is 0 Å². The molecule has 0 aromatic heterocycles. The first-order valence-corrected chi connectivity index (χ1v) is 4.36. The van der Waals surface area contributed by atoms with Crippen LogP contribution in [0.5, 0.6) is 0 Å². The molecule has 0 amide bonds. The standard InChI is InChI=1S/C10H19N.ClH/c1-5-7-8-10(3)11(4)9-6-2;/h2,10H,5,7-9H2,1,3-4H3;1H. The Kier molecular flexibility index (Phi) is 10.6. The molecular weight excluding hydrogens is 170 g/mol. The van der Waals surface area contributed by atoms with Gasteiger partial charge in [0.25, 0.3) is 0 Å². The molecule has 1 nitrogen and oxygen atoms in total. The normalized spacial score (nSPS) is 11.9. The van der Waals surface area contributed by atoms with Gasteiger partial charge in [-0.1, -0.05) is 25.7 Å². The van der Waals surface area contributed by atoms with Gasteiger partial charge in [-0.05, 0) is 20.4 Å². The molecule has 1 atom stereocenters. The Labute approximate surface area is 82.9 Å². The summed E-state index contributed by atoms with van der Waals surface area (Å²) in [7, 11) is 2.08. The van der Waals surface area contributed by atoms with Gasteiger partial charge < -0.3 is 0 Å². The van der Waals surface area contributed by atoms with Gasteiger partial charge in [0.2, 0.25) is 0 Å². The summed E-state index contributed by atoms with van der Waals surface area (Å²) in [6.45, 7) is 5.21. The fourth-order valence-corrected chi connectivity index (χ4v) is 1.02. The molecule has 0 radical (unpaired) electrons. The Morgan fingerprint density at radius 1 is 1.50 bits per heavy atom. The predicted molar refractivity (Wildman–Crippen MR) is 57.7 cm³/mol. The average Bonchev–Trinajstić information content (AvgIpc) is 2.00. The molecule has 0 aliphatic rings. The molecule has 0 heterocycles. The maximum Gasteiger partial charge on any atom is 0.0598 e. The highest BCUT2D eigenvalue weighted by molar-refractivity contribution is 5.85. The molecule has 2 heteroatoms. The highest BCUT2D eigenvalue weighted by Crippen LogP contribution is 2.05. The van der Waals surface area contributed by atoms with Gasteiger partial charge in [-0.15, -0.1) is 18.8 Å². The average molecular weight is 190 g/mol. The summed E-state index contributed by atoms with van der Waals surface area (Å²) in [4.78, 5) is 2.22. The van der Waals surface area contributed by atoms with E-state index < -0.39 is 0 Å². The molecule has 1 unspecified atom stereocenters. The Morgan fingerprint density at radius 2 is 2.08 bits per heavy atom. The van der Waals surface area contributed by atoms with Crippen molar-refractivity contribution >= 4 is 12.4 Å². The van der Waals surface area contributed by atoms with Gasteiger partial charge >= 0.3 is 0 Å². The van der Waals surface area contributed by atoms with Crippen molar-refractivity contribution in [2.45, 2.75) is 39.2 Å². The molecule has 0 aliphatic carbocycles. The minimum atomic E-state index is 0. The third kappa shape index (κ3) is 6.52. The monoisotopic (exact) mass is 189 g/mol. The van der Waals surface area contributed by atoms with E-state index in [-0.39, 0.29) is 12.4 Å². The molecular formula is C10H20ClN. The minimum absolute atomic E-state index is 0. The first-order chi connectivity index (χ1) is 5.22. The van der Waals surface area contributed by atoms with Gasteiger partial charge in [-0.25, -0.2) is 0 Å². The lowest BCUT2D eigenvalue weighted by Crippen LogP contribution is -2.29. The number of halogens is 1. The number of unbranched alkanes of at least 4 members (excludes halogenated alkanes) is 1. The van der Waals surface area contributed by atoms with Gasteiger partial charge in [-0.2, -0.15) is 0 Å². The van der Waals surface area contributed by atoms with Crippen LogP contribution < -0.4 is 0 Å². The van der Waals surface area contributed by atoms with E-state index in [1.165, 1.54) is 19.3 Å². The zero-order chi connectivity index (χ0) is 8.69. The van der Waals surface area contributed by atoms with Gasteiger partial charge in [0.15, 0.2) is 0 Å². The summed E-state index contributed by atoms with van der Waals surface area (Å²) in [6.07, 6.45) is 9.04. The van der Waals surface area contributed by atoms with E-state index in [9.17, 15) is 0 Å². The number of hydrogen-bond acceptors (Lipinski definition) is 1. The second-order valence-electron chi connectivity index (χ2n) is 3.11. The SMILES string of the molecule is C#CCN(C)C(C)CCCC.Cl. The summed E-state index contributed by atoms with van der Waals surface area (Å²) in [5, 5.41) is 0. The third-order valence-electron chi connectivity index (χ3n) is 2.07. The second-order valence-corrected chi connectivity index (χ2v) is 3.11. The molecule has 0 fully saturated rings. The molecule has 0 rings (SSSR count). The molecule has 0 aliphatic heterocycles. The van der Waals surface area contributed by atoms with Gasteiger partial charge in [0, 0.05) is 6.04 Å². The maximum atomic E-state index is 5.20. The van der Waals surface area contributed by atoms with Crippen LogP contribution in [0.15, 0.2) is 0 Å². The number of rotatable bonds is 5. The zero-order valence-corrected chi connectivity index (χ0v) is 9.16. The smallest absolute Gasteiger partial charge is 0.0598 e. The number of hydrogen-bond donors (Lipinski definition) is 0. The molecule has 0 aromatic carbocycles. The fourth-order valence-electron chi connectivity index (χ4n) is 1.02. The number of terminal acetylenes is 1. The van der Waals surface area contributed by atoms with Crippen LogP contribution in [0.1, 0.15) is 33.1 Å². The van der Waals surface area contributed by atoms with Crippen molar-refractivity contribution in [3.8, 4) is 12.3 Å². The Bertz CT molecular complexity index is 128. The van der Waals surface area contributed by atoms with Crippen LogP contribution in [-0.2, 0) is 0 Å². The highest BCUT2D eigenvalue weighted by Gasteiger charge is 2.05. The highest BCUT2D eigenvalue weighted by atomic mass is 35.5. The molecule has 0 aromatic rings. The van der Waals surface area contributed by atoms with Gasteiger partial charge in [0.05, 0.1) is 6.54 Å². The van der Waals surface area contributed by atoms with Crippen LogP contribution in [0, 0.1) is 12.3 Å². The number of nitrogens with zero attached hydrogens (tertiary/aromatic N) is 1. The zero-order valence-electron chi connectivity index (χ0n) is 8.34. The topological polar surface area (TPSA) is 3.24 Å². The first-order valence-electron chi connectivity index (χ1n) is 4.36. The molecule has 0 N–H and O–H groups in total. The lowest BCUT2D eigenvalue weighted by atomic mass is 10.1. The molecule has 72 valence electrons. The van der Waals surface area contributed by atoms with E-state index in [1.54, 1.807) is 0 Å². The van der Waals surface area contributed by atoms with Crippen molar-refractivity contribution in [3.05, 3.63) is 0 Å². The summed E-state index contributed by atoms with van der Waals surface area (Å²) < 4.78 is 0. The van der Waals surface area contributed by atoms with Crippen molar-refractivity contribution in [3.63, 3.8) is 0 Å². The maximum absolute atomic E-state index is 5.20. The molecule has 0 saturated heterocycles. The van der Waals surface area contributed by atoms with Crippen molar-refractivity contribution in [1.82, 2.24) is 4.90 Å². The van der Waals surface area contributed by atoms with Crippen molar-refractivity contribution in [1.29, 1.82) is 0 Å². The van der Waals surface area contributed by atoms with Crippen LogP contribution in [0.4, 0.5) is 0 Å². The van der Waals surface area contributed by atoms with Gasteiger partial charge in [-0.3, -0.25) is 4.90 Å². The van der Waals surface area contributed by atoms with E-state index in [0.29, 0.717) is 6.04 Å². The van der Waals surface area contributed by atoms with E-state index in [1.807, 2.05) is 0 Å². The molecule has 12 heavy (non-hydrogen) atoms. The lowest BCUT2D eigenvalue weighted by Gasteiger charge is -2.21. The van der Waals surface area contributed by atoms with Crippen LogP contribution in [0.25, 0.3) is 0 Å². The van der Waals surface area contributed by atoms with Crippen LogP contribution in [0.2, 0.25) is 0 Å². The molecule has 0 bridgehead atoms. The molecule has 0 saturated carbocycles. The summed E-state index contributed by atoms with van der Waals surface area (Å²) >= 11 is 0. The van der Waals surface area contributed by atoms with Crippen LogP contribution in [-0.4, -0.2) is 24.5 Å². The van der Waals surface area contributed by atoms with Crippen molar-refractivity contribution in [2.75, 3.05) is 13.6 Å². The lowest BCUT2D eigenvalue weighted by molar-refractivity contribution is 0.270. The summed E-state index contributed by atoms with van der Waals surface area (Å²) in [5.41, 5.74) is 0. The Balaban J connectivity index is 0. The first kappa shape index (κ1) is 14.3. The quantitative estimate of drug-likeness (QED) is 0.601. The predicted octanol–water partition coefficient (Wildman–Crippen LogP) is 2.55. The van der Waals surface area contributed by atoms with Crippen LogP contribution in [0.3, 0.4) is 0 Å². The Morgan fingerprint density at radius 3 is 2.50 bits per heavy atom. The van der Waals surface area contributed by atoms with Crippen molar-refractivity contribution in [2.24, 2.45) is 0 Å². The molecule has 0 spiro atoms. The van der Waals surface area contributed by atoms with E-state index in [4.69, 9.17) is 6.42 Å². The third-order valence-corrected chi connectivity index (χ3v) is 2.07. The summed E-state index contributed by atoms with van der Waals surface area (Å²) in [6, 6.07) is 0.631. The fraction of sp³-hybridized carbons (Fsp3) is 0.800. The van der Waals surface area contributed by atoms with E-state index in [2.05, 4.69) is 31.7 Å². The summed E-state index contributed by atoms with van der Waals surface area (Å²) in [5.74, 6) is 2.65. The van der Waals surface area contributed by atoms with Gasteiger partial charge in [0.1, 0.15) is 0 Å².